The minimum Gasteiger partial charge on any atom is -0.372 e. The molecule has 0 fully saturated rings. The fourth-order valence-electron chi connectivity index (χ4n) is 1.02. The van der Waals surface area contributed by atoms with Crippen LogP contribution in [-0.4, -0.2) is 45.4 Å². The van der Waals surface area contributed by atoms with Crippen LogP contribution in [0.1, 0.15) is 0 Å². The highest BCUT2D eigenvalue weighted by Crippen LogP contribution is 2.57. The molecule has 0 bridgehead atoms. The van der Waals surface area contributed by atoms with Gasteiger partial charge in [0.05, 0.1) is 19.8 Å². The van der Waals surface area contributed by atoms with E-state index in [0.29, 0.717) is 0 Å². The Bertz CT molecular complexity index is 325. The van der Waals surface area contributed by atoms with E-state index in [-0.39, 0.29) is 0 Å². The summed E-state index contributed by atoms with van der Waals surface area (Å²) in [5.74, 6) is -1.06. The maximum Gasteiger partial charge on any atom is 0.411 e. The van der Waals surface area contributed by atoms with Gasteiger partial charge in [0.15, 0.2) is 0 Å². The Kier molecular flexibility index (Phi) is 8.90. The molecular weight excluding hydrogens is 376 g/mol. The summed E-state index contributed by atoms with van der Waals surface area (Å²) < 4.78 is 95.0. The van der Waals surface area contributed by atoms with Crippen LogP contribution in [0.25, 0.3) is 0 Å². The van der Waals surface area contributed by atoms with Crippen LogP contribution in [0.15, 0.2) is 0 Å². The molecule has 0 atom stereocenters. The maximum absolute atomic E-state index is 11.9. The lowest BCUT2D eigenvalue weighted by atomic mass is 10.2. The molecule has 0 spiro atoms. The van der Waals surface area contributed by atoms with E-state index in [1.54, 1.807) is 0 Å². The zero-order valence-corrected chi connectivity index (χ0v) is 12.6. The molecular formula is C8H11Cl2F6O4P. The van der Waals surface area contributed by atoms with Crippen molar-refractivity contribution in [3.8, 4) is 0 Å². The Morgan fingerprint density at radius 2 is 1.24 bits per heavy atom. The van der Waals surface area contributed by atoms with Crippen LogP contribution >= 0.6 is 28.6 Å². The zero-order valence-electron chi connectivity index (χ0n) is 10.2. The fourth-order valence-corrected chi connectivity index (χ4v) is 1.74. The summed E-state index contributed by atoms with van der Waals surface area (Å²) >= 11 is 10.1. The topological polar surface area (TPSA) is 44.8 Å². The Morgan fingerprint density at radius 1 is 0.857 bits per heavy atom. The molecule has 0 rings (SSSR count). The van der Waals surface area contributed by atoms with Crippen molar-refractivity contribution in [2.75, 3.05) is 33.0 Å². The average Bonchev–Trinajstić information content (AvgIpc) is 2.20. The summed E-state index contributed by atoms with van der Waals surface area (Å²) in [5, 5.41) is 0. The molecule has 0 amide bonds. The largest absolute Gasteiger partial charge is 0.411 e. The third-order valence-corrected chi connectivity index (χ3v) is 2.73. The monoisotopic (exact) mass is 386 g/mol. The maximum atomic E-state index is 11.9. The number of hydrogen-bond donors (Lipinski definition) is 0. The van der Waals surface area contributed by atoms with Crippen LogP contribution in [-0.2, 0) is 18.6 Å². The highest BCUT2D eigenvalue weighted by molar-refractivity contribution is 8.05. The van der Waals surface area contributed by atoms with Gasteiger partial charge in [-0.15, -0.1) is 0 Å². The van der Waals surface area contributed by atoms with Gasteiger partial charge >= 0.3 is 18.4 Å². The Hall–Kier alpha value is 0.270. The number of hydrogen-bond acceptors (Lipinski definition) is 4. The van der Waals surface area contributed by atoms with Crippen molar-refractivity contribution in [1.29, 1.82) is 0 Å². The molecule has 128 valence electrons. The summed E-state index contributed by atoms with van der Waals surface area (Å²) in [5.41, 5.74) is 0. The van der Waals surface area contributed by atoms with Crippen molar-refractivity contribution in [1.82, 2.24) is 0 Å². The highest BCUT2D eigenvalue weighted by atomic mass is 35.9. The molecule has 0 N–H and O–H groups in total. The number of rotatable bonds is 9. The lowest BCUT2D eigenvalue weighted by Gasteiger charge is -2.18. The first-order valence-electron chi connectivity index (χ1n) is 5.21. The first-order chi connectivity index (χ1) is 9.29. The van der Waals surface area contributed by atoms with Crippen LogP contribution in [0, 0.1) is 5.92 Å². The summed E-state index contributed by atoms with van der Waals surface area (Å²) in [7, 11) is 0. The molecule has 4 nitrogen and oxygen atoms in total. The molecule has 0 unspecified atom stereocenters. The van der Waals surface area contributed by atoms with Gasteiger partial charge in [0.1, 0.15) is 13.2 Å². The minimum atomic E-state index is -4.59. The first-order valence-corrected chi connectivity index (χ1v) is 8.65. The molecule has 0 radical (unpaired) electrons. The molecule has 0 aliphatic heterocycles. The van der Waals surface area contributed by atoms with Gasteiger partial charge in [0.25, 0.3) is 0 Å². The normalized spacial score (nSPS) is 14.0. The molecule has 0 heterocycles. The van der Waals surface area contributed by atoms with Crippen molar-refractivity contribution in [3.05, 3.63) is 0 Å². The van der Waals surface area contributed by atoms with E-state index in [1.807, 2.05) is 0 Å². The SMILES string of the molecule is O=P(Cl)(Cl)OCC(COCC(F)(F)F)COCC(F)(F)F. The molecule has 0 aromatic rings. The molecule has 0 aromatic carbocycles. The van der Waals surface area contributed by atoms with Gasteiger partial charge in [-0.25, -0.2) is 0 Å². The number of halogens is 8. The van der Waals surface area contributed by atoms with Gasteiger partial charge in [-0.3, -0.25) is 4.57 Å². The summed E-state index contributed by atoms with van der Waals surface area (Å²) in [6.45, 7) is -5.04. The van der Waals surface area contributed by atoms with E-state index in [2.05, 4.69) is 14.0 Å². The molecule has 0 aliphatic rings. The van der Waals surface area contributed by atoms with Gasteiger partial charge in [-0.1, -0.05) is 0 Å². The molecule has 0 saturated carbocycles. The third-order valence-electron chi connectivity index (χ3n) is 1.70. The van der Waals surface area contributed by atoms with Crippen molar-refractivity contribution in [3.63, 3.8) is 0 Å². The van der Waals surface area contributed by atoms with Gasteiger partial charge < -0.3 is 14.0 Å². The van der Waals surface area contributed by atoms with Gasteiger partial charge in [-0.05, 0) is 22.5 Å². The average molecular weight is 387 g/mol. The van der Waals surface area contributed by atoms with E-state index in [0.717, 1.165) is 0 Å². The predicted molar refractivity (Wildman–Crippen MR) is 62.5 cm³/mol. The molecule has 0 aromatic heterocycles. The molecule has 13 heteroatoms. The van der Waals surface area contributed by atoms with Gasteiger partial charge in [0.2, 0.25) is 0 Å². The zero-order chi connectivity index (χ0) is 16.7. The lowest BCUT2D eigenvalue weighted by Crippen LogP contribution is -2.27. The quantitative estimate of drug-likeness (QED) is 0.436. The summed E-state index contributed by atoms with van der Waals surface area (Å²) in [6, 6.07) is 0. The van der Waals surface area contributed by atoms with Crippen molar-refractivity contribution in [2.45, 2.75) is 12.4 Å². The number of ether oxygens (including phenoxy) is 2. The minimum absolute atomic E-state index is 0.583. The van der Waals surface area contributed by atoms with Crippen LogP contribution < -0.4 is 0 Å². The molecule has 21 heavy (non-hydrogen) atoms. The summed E-state index contributed by atoms with van der Waals surface area (Å²) in [6.07, 6.45) is -13.1. The second kappa shape index (κ2) is 8.79. The van der Waals surface area contributed by atoms with E-state index < -0.39 is 57.4 Å². The van der Waals surface area contributed by atoms with E-state index in [1.165, 1.54) is 0 Å². The Morgan fingerprint density at radius 3 is 1.52 bits per heavy atom. The standard InChI is InChI=1S/C8H11Cl2F6O4P/c9-21(10,17)20-3-6(1-18-4-7(11,12)13)2-19-5-8(14,15)16/h6H,1-5H2. The smallest absolute Gasteiger partial charge is 0.372 e. The Labute approximate surface area is 125 Å². The van der Waals surface area contributed by atoms with E-state index in [9.17, 15) is 30.9 Å². The summed E-state index contributed by atoms with van der Waals surface area (Å²) in [4.78, 5) is 0. The van der Waals surface area contributed by atoms with E-state index in [4.69, 9.17) is 22.5 Å². The Balaban J connectivity index is 4.24. The lowest BCUT2D eigenvalue weighted by molar-refractivity contribution is -0.187. The van der Waals surface area contributed by atoms with Gasteiger partial charge in [0, 0.05) is 5.92 Å². The van der Waals surface area contributed by atoms with E-state index >= 15 is 0 Å². The molecule has 0 saturated heterocycles. The van der Waals surface area contributed by atoms with Crippen molar-refractivity contribution >= 4 is 28.6 Å². The van der Waals surface area contributed by atoms with Crippen LogP contribution in [0.4, 0.5) is 26.3 Å². The fraction of sp³-hybridized carbons (Fsp3) is 1.00. The van der Waals surface area contributed by atoms with Crippen LogP contribution in [0.2, 0.25) is 0 Å². The van der Waals surface area contributed by atoms with Crippen molar-refractivity contribution in [2.24, 2.45) is 5.92 Å². The second-order valence-electron chi connectivity index (χ2n) is 3.84. The molecule has 0 aliphatic carbocycles. The second-order valence-corrected chi connectivity index (χ2v) is 8.11. The third kappa shape index (κ3) is 16.5. The predicted octanol–water partition coefficient (Wildman–Crippen LogP) is 4.36. The highest BCUT2D eigenvalue weighted by Gasteiger charge is 2.30. The first kappa shape index (κ1) is 21.3. The van der Waals surface area contributed by atoms with Crippen molar-refractivity contribution < 1.29 is 44.9 Å². The number of alkyl halides is 6. The van der Waals surface area contributed by atoms with Crippen LogP contribution in [0.5, 0.6) is 0 Å². The van der Waals surface area contributed by atoms with Gasteiger partial charge in [-0.2, -0.15) is 26.3 Å². The van der Waals surface area contributed by atoms with Crippen LogP contribution in [0.3, 0.4) is 0 Å².